The molecule has 0 saturated heterocycles. The average Bonchev–Trinajstić information content (AvgIpc) is 2.64. The first-order valence-electron chi connectivity index (χ1n) is 5.75. The molecule has 0 amide bonds. The third-order valence-electron chi connectivity index (χ3n) is 2.63. The topological polar surface area (TPSA) is 13.1 Å². The molecule has 0 fully saturated rings. The van der Waals surface area contributed by atoms with Crippen molar-refractivity contribution in [3.8, 4) is 18.1 Å². The average molecular weight is 321 g/mol. The zero-order valence-corrected chi connectivity index (χ0v) is 16.3. The Labute approximate surface area is 167 Å². The Balaban J connectivity index is 0.00000162. The summed E-state index contributed by atoms with van der Waals surface area (Å²) in [4.78, 5) is 0. The van der Waals surface area contributed by atoms with Crippen LogP contribution in [0.5, 0.6) is 5.75 Å². The molecule has 0 aliphatic heterocycles. The van der Waals surface area contributed by atoms with Gasteiger partial charge in [-0.15, -0.1) is 6.42 Å². The quantitative estimate of drug-likeness (QED) is 0.422. The summed E-state index contributed by atoms with van der Waals surface area (Å²) in [6.45, 7) is 5.71. The Morgan fingerprint density at radius 3 is 2.79 bits per heavy atom. The van der Waals surface area contributed by atoms with Crippen molar-refractivity contribution < 1.29 is 21.7 Å². The summed E-state index contributed by atoms with van der Waals surface area (Å²) in [5.74, 6) is 3.33. The van der Waals surface area contributed by atoms with E-state index < -0.39 is 0 Å². The van der Waals surface area contributed by atoms with E-state index in [2.05, 4.69) is 36.5 Å². The predicted molar refractivity (Wildman–Crippen MR) is 77.1 cm³/mol. The molecular formula is C14H16ClKNOS. The maximum absolute atomic E-state index is 5.46. The van der Waals surface area contributed by atoms with Gasteiger partial charge in [-0.25, -0.2) is 0 Å². The molecule has 0 unspecified atom stereocenters. The van der Waals surface area contributed by atoms with Crippen molar-refractivity contribution >= 4 is 72.9 Å². The summed E-state index contributed by atoms with van der Waals surface area (Å²) in [5.41, 5.74) is 1.24. The first-order valence-corrected chi connectivity index (χ1v) is 6.57. The van der Waals surface area contributed by atoms with E-state index in [1.54, 1.807) is 0 Å². The minimum Gasteiger partial charge on any atom is -1.00 e. The minimum absolute atomic E-state index is 0. The van der Waals surface area contributed by atoms with E-state index in [1.165, 1.54) is 15.2 Å². The fourth-order valence-electron chi connectivity index (χ4n) is 1.89. The van der Waals surface area contributed by atoms with Crippen LogP contribution < -0.4 is 21.7 Å². The number of halogens is 1. The number of benzene rings is 1. The van der Waals surface area contributed by atoms with Gasteiger partial charge in [0.2, 0.25) is 10.5 Å². The number of ether oxygens (including phenoxy) is 1. The third-order valence-corrected chi connectivity index (χ3v) is 3.71. The molecule has 1 aromatic carbocycles. The summed E-state index contributed by atoms with van der Waals surface area (Å²) < 4.78 is 9.09. The smallest absolute Gasteiger partial charge is 0.235 e. The maximum atomic E-state index is 5.46. The Morgan fingerprint density at radius 2 is 2.16 bits per heavy atom. The van der Waals surface area contributed by atoms with Gasteiger partial charge in [0.25, 0.3) is 0 Å². The predicted octanol–water partition coefficient (Wildman–Crippen LogP) is -0.458. The molecular weight excluding hydrogens is 305 g/mol. The molecule has 0 saturated carbocycles. The van der Waals surface area contributed by atoms with Gasteiger partial charge < -0.3 is 17.1 Å². The van der Waals surface area contributed by atoms with E-state index in [0.29, 0.717) is 6.61 Å². The van der Waals surface area contributed by atoms with Crippen LogP contribution in [-0.4, -0.2) is 58.0 Å². The molecule has 0 aliphatic rings. The second-order valence-corrected chi connectivity index (χ2v) is 5.13. The van der Waals surface area contributed by atoms with Gasteiger partial charge in [-0.3, -0.25) is 0 Å². The van der Waals surface area contributed by atoms with Crippen molar-refractivity contribution in [1.82, 2.24) is 0 Å². The minimum atomic E-state index is 0. The standard InChI is InChI=1S/C14H16NOS.ClH.K/c1-4-8-15-11(3)17-14-7-6-12(10-13(14)15)16-9-5-2;;/h2,6-7,10H,4,8-9H2,1,3H3;1H;/q+1;;/p-1. The third kappa shape index (κ3) is 4.71. The Bertz CT molecular complexity index is 577. The molecule has 2 nitrogen and oxygen atoms in total. The largest absolute Gasteiger partial charge is 1.00 e. The van der Waals surface area contributed by atoms with E-state index in [9.17, 15) is 0 Å². The first kappa shape index (κ1) is 19.4. The molecule has 0 aliphatic carbocycles. The summed E-state index contributed by atoms with van der Waals surface area (Å²) >= 11 is 1.82. The molecule has 1 heterocycles. The van der Waals surface area contributed by atoms with Crippen LogP contribution in [0.25, 0.3) is 10.2 Å². The Morgan fingerprint density at radius 1 is 1.42 bits per heavy atom. The number of thiazole rings is 1. The second-order valence-electron chi connectivity index (χ2n) is 3.90. The Kier molecular flexibility index (Phi) is 9.55. The number of rotatable bonds is 4. The zero-order valence-electron chi connectivity index (χ0n) is 11.6. The fraction of sp³-hybridized carbons (Fsp3) is 0.357. The van der Waals surface area contributed by atoms with Gasteiger partial charge in [0.15, 0.2) is 0 Å². The number of hydrogen-bond acceptors (Lipinski definition) is 2. The molecule has 1 aromatic heterocycles. The maximum Gasteiger partial charge on any atom is 0.235 e. The summed E-state index contributed by atoms with van der Waals surface area (Å²) in [7, 11) is 0. The van der Waals surface area contributed by atoms with Gasteiger partial charge in [-0.1, -0.05) is 24.2 Å². The van der Waals surface area contributed by atoms with Crippen LogP contribution in [0, 0.1) is 19.3 Å². The molecule has 0 N–H and O–H groups in total. The monoisotopic (exact) mass is 320 g/mol. The summed E-state index contributed by atoms with van der Waals surface area (Å²) in [6.07, 6.45) is 6.32. The molecule has 0 spiro atoms. The van der Waals surface area contributed by atoms with Crippen LogP contribution >= 0.6 is 11.3 Å². The van der Waals surface area contributed by atoms with Crippen molar-refractivity contribution in [3.05, 3.63) is 23.2 Å². The van der Waals surface area contributed by atoms with Crippen LogP contribution in [0.15, 0.2) is 18.2 Å². The van der Waals surface area contributed by atoms with E-state index in [1.807, 2.05) is 17.4 Å². The van der Waals surface area contributed by atoms with Gasteiger partial charge in [0, 0.05) is 64.7 Å². The van der Waals surface area contributed by atoms with Crippen LogP contribution in [0.2, 0.25) is 0 Å². The van der Waals surface area contributed by atoms with Gasteiger partial charge in [0.1, 0.15) is 23.6 Å². The molecule has 1 radical (unpaired) electrons. The van der Waals surface area contributed by atoms with Crippen molar-refractivity contribution in [3.63, 3.8) is 0 Å². The van der Waals surface area contributed by atoms with E-state index in [-0.39, 0.29) is 63.8 Å². The summed E-state index contributed by atoms with van der Waals surface area (Å²) in [6, 6.07) is 6.16. The molecule has 0 bridgehead atoms. The van der Waals surface area contributed by atoms with Crippen molar-refractivity contribution in [2.45, 2.75) is 26.8 Å². The Hall–Kier alpha value is 0.396. The van der Waals surface area contributed by atoms with Gasteiger partial charge in [-0.2, -0.15) is 4.57 Å². The van der Waals surface area contributed by atoms with Crippen LogP contribution in [0.3, 0.4) is 0 Å². The number of hydrogen-bond donors (Lipinski definition) is 0. The van der Waals surface area contributed by atoms with Crippen molar-refractivity contribution in [1.29, 1.82) is 0 Å². The van der Waals surface area contributed by atoms with Gasteiger partial charge in [-0.05, 0) is 12.1 Å². The SMILES string of the molecule is C#CCOc1ccc2sc(C)[n+](CCC)c2c1.[Cl-].[K]. The van der Waals surface area contributed by atoms with Crippen LogP contribution in [0.4, 0.5) is 0 Å². The molecule has 5 heteroatoms. The van der Waals surface area contributed by atoms with Crippen LogP contribution in [-0.2, 0) is 6.54 Å². The molecule has 19 heavy (non-hydrogen) atoms. The number of nitrogens with zero attached hydrogens (tertiary/aromatic N) is 1. The van der Waals surface area contributed by atoms with Crippen molar-refractivity contribution in [2.24, 2.45) is 0 Å². The number of fused-ring (bicyclic) bond motifs is 1. The molecule has 0 atom stereocenters. The molecule has 2 aromatic rings. The van der Waals surface area contributed by atoms with E-state index in [0.717, 1.165) is 18.7 Å². The van der Waals surface area contributed by atoms with Gasteiger partial charge in [0.05, 0.1) is 6.07 Å². The molecule has 97 valence electrons. The summed E-state index contributed by atoms with van der Waals surface area (Å²) in [5, 5.41) is 1.33. The number of aryl methyl sites for hydroxylation is 2. The van der Waals surface area contributed by atoms with E-state index in [4.69, 9.17) is 11.2 Å². The first-order chi connectivity index (χ1) is 8.26. The number of terminal acetylenes is 1. The van der Waals surface area contributed by atoms with Crippen molar-refractivity contribution in [2.75, 3.05) is 6.61 Å². The second kappa shape index (κ2) is 9.35. The van der Waals surface area contributed by atoms with E-state index >= 15 is 0 Å². The molecule has 2 rings (SSSR count). The number of aromatic nitrogens is 1. The van der Waals surface area contributed by atoms with Gasteiger partial charge >= 0.3 is 0 Å². The fourth-order valence-corrected chi connectivity index (χ4v) is 2.92. The zero-order chi connectivity index (χ0) is 12.3. The van der Waals surface area contributed by atoms with Crippen LogP contribution in [0.1, 0.15) is 18.4 Å². The normalized spacial score (nSPS) is 9.32.